The van der Waals surface area contributed by atoms with E-state index in [4.69, 9.17) is 30.4 Å². The molecule has 1 aliphatic rings. The van der Waals surface area contributed by atoms with E-state index in [1.54, 1.807) is 6.20 Å². The van der Waals surface area contributed by atoms with Gasteiger partial charge in [-0.1, -0.05) is 258 Å². The number of rotatable bonds is 11. The fourth-order valence-corrected chi connectivity index (χ4v) is 14.0. The number of para-hydroxylation sites is 3. The third-order valence-corrected chi connectivity index (χ3v) is 19.8. The third kappa shape index (κ3) is 37.7. The van der Waals surface area contributed by atoms with Crippen LogP contribution in [-0.4, -0.2) is 73.5 Å². The van der Waals surface area contributed by atoms with Crippen LogP contribution in [0.2, 0.25) is 0 Å². The number of aliphatic hydroxyl groups excluding tert-OH is 4. The summed E-state index contributed by atoms with van der Waals surface area (Å²) in [5.41, 5.74) is 26.9. The molecular weight excluding hydrogens is 2590 g/mol. The van der Waals surface area contributed by atoms with Crippen LogP contribution < -0.4 is 0 Å². The molecular formula is C118H108Ir5N6O8-6. The smallest absolute Gasteiger partial charge is 0.155 e. The van der Waals surface area contributed by atoms with Gasteiger partial charge in [-0.25, -0.2) is 6.08 Å². The van der Waals surface area contributed by atoms with E-state index in [0.29, 0.717) is 0 Å². The first kappa shape index (κ1) is 116. The van der Waals surface area contributed by atoms with Gasteiger partial charge in [0.05, 0.1) is 34.1 Å². The normalized spacial score (nSPS) is 11.0. The molecule has 18 rings (SSSR count). The maximum Gasteiger partial charge on any atom is 0.155 e. The first-order chi connectivity index (χ1) is 63.4. The van der Waals surface area contributed by atoms with Crippen LogP contribution >= 0.6 is 0 Å². The number of aromatic nitrogens is 6. The number of nitrogens with zero attached hydrogens (tertiary/aromatic N) is 6. The molecule has 0 saturated heterocycles. The minimum atomic E-state index is -0.125. The largest absolute Gasteiger partial charge is 0.512 e. The molecule has 137 heavy (non-hydrogen) atoms. The predicted molar refractivity (Wildman–Crippen MR) is 540 cm³/mol. The van der Waals surface area contributed by atoms with E-state index in [0.717, 1.165) is 84.1 Å². The number of allylic oxidation sites excluding steroid dienone is 9. The van der Waals surface area contributed by atoms with Crippen molar-refractivity contribution in [1.82, 2.24) is 29.9 Å². The van der Waals surface area contributed by atoms with Gasteiger partial charge in [-0.05, 0) is 153 Å². The Morgan fingerprint density at radius 3 is 1.35 bits per heavy atom. The molecule has 6 heterocycles. The Kier molecular flexibility index (Phi) is 51.0. The minimum Gasteiger partial charge on any atom is -0.512 e. The second-order valence-corrected chi connectivity index (χ2v) is 31.4. The van der Waals surface area contributed by atoms with Crippen molar-refractivity contribution in [2.75, 3.05) is 0 Å². The predicted octanol–water partition coefficient (Wildman–Crippen LogP) is 28.6. The Balaban J connectivity index is 0.000000326. The molecule has 0 fully saturated rings. The van der Waals surface area contributed by atoms with Gasteiger partial charge in [0.15, 0.2) is 23.1 Å². The van der Waals surface area contributed by atoms with Crippen LogP contribution in [0.1, 0.15) is 115 Å². The molecule has 4 N–H and O–H groups in total. The van der Waals surface area contributed by atoms with Gasteiger partial charge >= 0.3 is 0 Å². The molecule has 709 valence electrons. The summed E-state index contributed by atoms with van der Waals surface area (Å²) in [6, 6.07) is 122. The zero-order valence-electron chi connectivity index (χ0n) is 78.8. The number of aliphatic hydroxyl groups is 4. The number of hydrogen-bond acceptors (Lipinski definition) is 14. The van der Waals surface area contributed by atoms with Crippen molar-refractivity contribution in [3.63, 3.8) is 0 Å². The molecule has 0 saturated carbocycles. The van der Waals surface area contributed by atoms with E-state index < -0.39 is 0 Å². The van der Waals surface area contributed by atoms with Crippen molar-refractivity contribution in [2.24, 2.45) is 0 Å². The third-order valence-electron chi connectivity index (χ3n) is 19.8. The molecule has 6 aromatic heterocycles. The van der Waals surface area contributed by atoms with Crippen LogP contribution in [-0.2, 0) is 125 Å². The number of ketones is 4. The minimum absolute atomic E-state index is 0. The standard InChI is InChI=1S/C23H18N.C20H16N.C17H14N.C15H10N.C12H10N.C11H8N.4C5H8O2.5Ir/c1-16-12-13-19(14-17(16)2)23-15-21(18-8-4-3-5-9-18)20-10-6-7-11-22(20)24-23;1-20(2)17-8-4-3-7-15(17)16-11-10-14(13-18(16)20)19-9-5-6-12-21-19;1-12-9-13(2)11-15(10-12)17-8-7-14-5-3-4-6-16(14)18-17;1-2-8-13-12(6-1)7-5-9-14(13)15-10-3-4-11-16-15;1-2-5-11-9-8-10-6-3-4-7-12(10)13-11;1-2-6-10(7-3-1)11-8-4-5-9-12-11;4*1-4(6)3-5(2)7;;;;;/h3-13,15H,1-2H3;3-9,11-13H,1-2H3;3-10H,1-2H3;1-8,10-11H;3-9H,1H3;1-6,8-9H;4*3,6H,1-2H3;;;;;/q6*-1;;;;;;;;;. The van der Waals surface area contributed by atoms with Crippen molar-refractivity contribution >= 4 is 72.7 Å². The van der Waals surface area contributed by atoms with Crippen LogP contribution in [0.3, 0.4) is 0 Å². The molecule has 11 aromatic carbocycles. The van der Waals surface area contributed by atoms with Crippen LogP contribution in [0.5, 0.6) is 0 Å². The number of aryl methyl sites for hydroxylation is 4. The van der Waals surface area contributed by atoms with Crippen molar-refractivity contribution in [3.05, 3.63) is 451 Å². The second-order valence-electron chi connectivity index (χ2n) is 31.4. The molecule has 0 bridgehead atoms. The van der Waals surface area contributed by atoms with Gasteiger partial charge in [0.1, 0.15) is 0 Å². The van der Waals surface area contributed by atoms with Crippen LogP contribution in [0.15, 0.2) is 375 Å². The molecule has 14 nitrogen and oxygen atoms in total. The molecule has 19 heteroatoms. The van der Waals surface area contributed by atoms with Crippen molar-refractivity contribution in [2.45, 2.75) is 109 Å². The van der Waals surface area contributed by atoms with Crippen LogP contribution in [0.25, 0.3) is 128 Å². The number of pyridine rings is 6. The first-order valence-electron chi connectivity index (χ1n) is 42.9. The summed E-state index contributed by atoms with van der Waals surface area (Å²) >= 11 is 0. The number of carbonyl (C=O) groups is 4. The summed E-state index contributed by atoms with van der Waals surface area (Å²) in [5, 5.41) is 39.4. The van der Waals surface area contributed by atoms with E-state index in [9.17, 15) is 19.2 Å². The average Bonchev–Trinajstić information content (AvgIpc) is 1.58. The molecule has 17 aromatic rings. The van der Waals surface area contributed by atoms with Gasteiger partial charge < -0.3 is 40.4 Å². The van der Waals surface area contributed by atoms with E-state index in [2.05, 4.69) is 256 Å². The zero-order chi connectivity index (χ0) is 95.1. The van der Waals surface area contributed by atoms with E-state index in [1.807, 2.05) is 177 Å². The van der Waals surface area contributed by atoms with Crippen LogP contribution in [0, 0.1) is 64.1 Å². The summed E-state index contributed by atoms with van der Waals surface area (Å²) < 4.78 is 0. The summed E-state index contributed by atoms with van der Waals surface area (Å²) in [6.45, 7) is 26.2. The molecule has 1 aliphatic carbocycles. The summed E-state index contributed by atoms with van der Waals surface area (Å²) in [7, 11) is 0. The topological polar surface area (TPSA) is 227 Å². The molecule has 0 unspecified atom stereocenters. The Morgan fingerprint density at radius 1 is 0.350 bits per heavy atom. The number of benzene rings is 11. The summed E-state index contributed by atoms with van der Waals surface area (Å²) in [5.74, 6) is -0.250. The van der Waals surface area contributed by atoms with Gasteiger partial charge in [0, 0.05) is 154 Å². The van der Waals surface area contributed by atoms with E-state index in [-0.39, 0.29) is 152 Å². The quantitative estimate of drug-likeness (QED) is 0.0537. The number of hydrogen-bond donors (Lipinski definition) is 4. The summed E-state index contributed by atoms with van der Waals surface area (Å²) in [6.07, 6.45) is 14.9. The monoisotopic (exact) mass is 2700 g/mol. The average molecular weight is 2700 g/mol. The molecule has 0 atom stereocenters. The number of fused-ring (bicyclic) bond motifs is 7. The van der Waals surface area contributed by atoms with Gasteiger partial charge in [0.25, 0.3) is 0 Å². The van der Waals surface area contributed by atoms with Crippen molar-refractivity contribution < 1.29 is 140 Å². The van der Waals surface area contributed by atoms with Crippen molar-refractivity contribution in [1.29, 1.82) is 0 Å². The number of carbonyl (C=O) groups excluding carboxylic acids is 4. The van der Waals surface area contributed by atoms with Crippen LogP contribution in [0.4, 0.5) is 0 Å². The second kappa shape index (κ2) is 59.9. The Morgan fingerprint density at radius 2 is 0.832 bits per heavy atom. The Hall–Kier alpha value is -12.8. The van der Waals surface area contributed by atoms with Gasteiger partial charge in [0.2, 0.25) is 0 Å². The van der Waals surface area contributed by atoms with Gasteiger partial charge in [-0.2, -0.15) is 0 Å². The maximum absolute atomic E-state index is 10.0. The van der Waals surface area contributed by atoms with E-state index >= 15 is 0 Å². The van der Waals surface area contributed by atoms with Crippen molar-refractivity contribution in [3.8, 4) is 78.5 Å². The van der Waals surface area contributed by atoms with Gasteiger partial charge in [-0.15, -0.1) is 177 Å². The molecule has 0 amide bonds. The Labute approximate surface area is 873 Å². The maximum atomic E-state index is 10.0. The fraction of sp³-hybridized carbons (Fsp3) is 0.136. The molecule has 5 radical (unpaired) electrons. The zero-order valence-corrected chi connectivity index (χ0v) is 90.8. The molecule has 0 spiro atoms. The SMILES string of the molecule is CC(=O)C=C(C)O.CC(=O)C=C(C)O.CC(=O)C=C(C)O.CC(=O)C=C(C)O.CC1(C)c2ccccc2-c2c[c-]c(-c3ccccn3)cc21.C[C-]=Cc1ccc2ccccc2n1.Cc1[c-]c(-c2cc(-c3ccccc3)c3ccccc3n2)ccc1C.Cc1[c-]c(-c2ccc3ccccc3n2)cc(C)c1.[Ir].[Ir].[Ir].[Ir].[Ir].[c-]1ccc2ccccc2c1-c1ccccn1.[c-]1ccccc1-c1ccccn1. The summed E-state index contributed by atoms with van der Waals surface area (Å²) in [4.78, 5) is 67.1. The van der Waals surface area contributed by atoms with Gasteiger partial charge in [-0.3, -0.25) is 35.2 Å². The molecule has 0 aliphatic heterocycles. The fourth-order valence-electron chi connectivity index (χ4n) is 14.0. The van der Waals surface area contributed by atoms with E-state index in [1.165, 1.54) is 157 Å². The Bertz CT molecular complexity index is 6730. The first-order valence-corrected chi connectivity index (χ1v) is 42.9.